The monoisotopic (exact) mass is 229 g/mol. The molecule has 1 heterocycles. The van der Waals surface area contributed by atoms with E-state index in [1.165, 1.54) is 0 Å². The van der Waals surface area contributed by atoms with E-state index in [2.05, 4.69) is 11.4 Å². The first-order valence-corrected chi connectivity index (χ1v) is 5.43. The van der Waals surface area contributed by atoms with E-state index in [1.54, 1.807) is 7.11 Å². The largest absolute Gasteiger partial charge is 0.497 e. The van der Waals surface area contributed by atoms with Gasteiger partial charge < -0.3 is 14.6 Å². The van der Waals surface area contributed by atoms with E-state index in [0.717, 1.165) is 22.2 Å². The summed E-state index contributed by atoms with van der Waals surface area (Å²) in [6.07, 6.45) is 0. The van der Waals surface area contributed by atoms with Gasteiger partial charge >= 0.3 is 0 Å². The molecule has 0 aliphatic rings. The number of aryl methyl sites for hydroxylation is 1. The van der Waals surface area contributed by atoms with Gasteiger partial charge in [0.1, 0.15) is 17.5 Å². The molecule has 4 nitrogen and oxygen atoms in total. The molecule has 0 atom stereocenters. The average Bonchev–Trinajstić information content (AvgIpc) is 2.62. The Kier molecular flexibility index (Phi) is 3.03. The van der Waals surface area contributed by atoms with Gasteiger partial charge in [0.05, 0.1) is 12.6 Å². The van der Waals surface area contributed by atoms with Gasteiger partial charge in [-0.25, -0.2) is 0 Å². The van der Waals surface area contributed by atoms with Crippen molar-refractivity contribution in [2.45, 2.75) is 6.54 Å². The fourth-order valence-electron chi connectivity index (χ4n) is 2.12. The molecule has 88 valence electrons. The minimum Gasteiger partial charge on any atom is -0.497 e. The average molecular weight is 229 g/mol. The number of rotatable bonds is 3. The smallest absolute Gasteiger partial charge is 0.125 e. The third kappa shape index (κ3) is 1.75. The number of methoxy groups -OCH3 is 1. The van der Waals surface area contributed by atoms with Gasteiger partial charge in [0.25, 0.3) is 0 Å². The first-order valence-electron chi connectivity index (χ1n) is 5.43. The summed E-state index contributed by atoms with van der Waals surface area (Å²) in [6.45, 7) is 0.687. The van der Waals surface area contributed by atoms with Crippen LogP contribution in [0.2, 0.25) is 0 Å². The Bertz CT molecular complexity index is 593. The fourth-order valence-corrected chi connectivity index (χ4v) is 2.12. The van der Waals surface area contributed by atoms with Crippen molar-refractivity contribution in [2.24, 2.45) is 7.05 Å². The number of fused-ring (bicyclic) bond motifs is 1. The van der Waals surface area contributed by atoms with Gasteiger partial charge in [-0.05, 0) is 19.2 Å². The quantitative estimate of drug-likeness (QED) is 0.872. The van der Waals surface area contributed by atoms with Gasteiger partial charge in [-0.15, -0.1) is 0 Å². The van der Waals surface area contributed by atoms with Crippen LogP contribution >= 0.6 is 0 Å². The highest BCUT2D eigenvalue weighted by atomic mass is 16.5. The van der Waals surface area contributed by atoms with Gasteiger partial charge in [-0.3, -0.25) is 0 Å². The third-order valence-corrected chi connectivity index (χ3v) is 2.97. The molecule has 17 heavy (non-hydrogen) atoms. The Hall–Kier alpha value is -1.99. The lowest BCUT2D eigenvalue weighted by atomic mass is 10.1. The summed E-state index contributed by atoms with van der Waals surface area (Å²) in [5.74, 6) is 0.804. The van der Waals surface area contributed by atoms with Gasteiger partial charge in [0.15, 0.2) is 0 Å². The zero-order valence-electron chi connectivity index (χ0n) is 10.2. The number of hydrogen-bond acceptors (Lipinski definition) is 3. The molecule has 1 aromatic carbocycles. The SMILES string of the molecule is CNCc1c(C#N)n(C)c2cc(OC)ccc12. The molecule has 1 N–H and O–H groups in total. The Morgan fingerprint density at radius 3 is 2.82 bits per heavy atom. The fraction of sp³-hybridized carbons (Fsp3) is 0.308. The number of hydrogen-bond donors (Lipinski definition) is 1. The molecule has 4 heteroatoms. The van der Waals surface area contributed by atoms with Gasteiger partial charge in [-0.2, -0.15) is 5.26 Å². The molecule has 0 saturated carbocycles. The lowest BCUT2D eigenvalue weighted by Crippen LogP contribution is -2.06. The highest BCUT2D eigenvalue weighted by Gasteiger charge is 2.14. The molecule has 0 spiro atoms. The van der Waals surface area contributed by atoms with Gasteiger partial charge in [-0.1, -0.05) is 0 Å². The minimum absolute atomic E-state index is 0.687. The van der Waals surface area contributed by atoms with E-state index in [-0.39, 0.29) is 0 Å². The lowest BCUT2D eigenvalue weighted by molar-refractivity contribution is 0.415. The van der Waals surface area contributed by atoms with E-state index < -0.39 is 0 Å². The molecule has 0 radical (unpaired) electrons. The maximum absolute atomic E-state index is 9.22. The zero-order chi connectivity index (χ0) is 12.4. The Morgan fingerprint density at radius 1 is 1.47 bits per heavy atom. The Morgan fingerprint density at radius 2 is 2.24 bits per heavy atom. The van der Waals surface area contributed by atoms with Crippen LogP contribution in [0.4, 0.5) is 0 Å². The predicted molar refractivity (Wildman–Crippen MR) is 66.9 cm³/mol. The summed E-state index contributed by atoms with van der Waals surface area (Å²) in [5.41, 5.74) is 2.75. The molecule has 0 aliphatic heterocycles. The van der Waals surface area contributed by atoms with Crippen molar-refractivity contribution in [3.8, 4) is 11.8 Å². The van der Waals surface area contributed by atoms with Crippen molar-refractivity contribution in [2.75, 3.05) is 14.2 Å². The van der Waals surface area contributed by atoms with Crippen LogP contribution in [-0.2, 0) is 13.6 Å². The van der Waals surface area contributed by atoms with Crippen LogP contribution in [0.3, 0.4) is 0 Å². The van der Waals surface area contributed by atoms with E-state index in [0.29, 0.717) is 12.2 Å². The highest BCUT2D eigenvalue weighted by Crippen LogP contribution is 2.28. The molecule has 0 aliphatic carbocycles. The number of benzene rings is 1. The third-order valence-electron chi connectivity index (χ3n) is 2.97. The summed E-state index contributed by atoms with van der Waals surface area (Å²) in [5, 5.41) is 13.4. The van der Waals surface area contributed by atoms with Crippen molar-refractivity contribution >= 4 is 10.9 Å². The summed E-state index contributed by atoms with van der Waals surface area (Å²) >= 11 is 0. The molecule has 0 unspecified atom stereocenters. The van der Waals surface area contributed by atoms with Crippen molar-refractivity contribution in [3.05, 3.63) is 29.5 Å². The highest BCUT2D eigenvalue weighted by molar-refractivity contribution is 5.87. The summed E-state index contributed by atoms with van der Waals surface area (Å²) in [6, 6.07) is 8.13. The lowest BCUT2D eigenvalue weighted by Gasteiger charge is -2.01. The predicted octanol–water partition coefficient (Wildman–Crippen LogP) is 1.78. The van der Waals surface area contributed by atoms with Crippen LogP contribution < -0.4 is 10.1 Å². The maximum Gasteiger partial charge on any atom is 0.125 e. The molecule has 2 aromatic rings. The van der Waals surface area contributed by atoms with Crippen LogP contribution in [0.15, 0.2) is 18.2 Å². The second-order valence-electron chi connectivity index (χ2n) is 3.91. The molecule has 2 rings (SSSR count). The van der Waals surface area contributed by atoms with Crippen LogP contribution in [-0.4, -0.2) is 18.7 Å². The normalized spacial score (nSPS) is 10.5. The molecule has 0 amide bonds. The summed E-state index contributed by atoms with van der Waals surface area (Å²) < 4.78 is 7.12. The topological polar surface area (TPSA) is 50.0 Å². The summed E-state index contributed by atoms with van der Waals surface area (Å²) in [4.78, 5) is 0. The number of nitriles is 1. The second-order valence-corrected chi connectivity index (χ2v) is 3.91. The zero-order valence-corrected chi connectivity index (χ0v) is 10.2. The van der Waals surface area contributed by atoms with Crippen molar-refractivity contribution in [1.82, 2.24) is 9.88 Å². The van der Waals surface area contributed by atoms with Crippen LogP contribution in [0.1, 0.15) is 11.3 Å². The molecule has 1 aromatic heterocycles. The summed E-state index contributed by atoms with van der Waals surface area (Å²) in [7, 11) is 5.42. The number of nitrogens with zero attached hydrogens (tertiary/aromatic N) is 2. The molecular weight excluding hydrogens is 214 g/mol. The molecular formula is C13H15N3O. The number of aromatic nitrogens is 1. The van der Waals surface area contributed by atoms with E-state index in [1.807, 2.05) is 36.9 Å². The van der Waals surface area contributed by atoms with Crippen LogP contribution in [0.25, 0.3) is 10.9 Å². The van der Waals surface area contributed by atoms with Gasteiger partial charge in [0.2, 0.25) is 0 Å². The van der Waals surface area contributed by atoms with E-state index in [4.69, 9.17) is 4.74 Å². The number of nitrogens with one attached hydrogen (secondary N) is 1. The molecule has 0 bridgehead atoms. The van der Waals surface area contributed by atoms with Crippen LogP contribution in [0, 0.1) is 11.3 Å². The maximum atomic E-state index is 9.22. The number of ether oxygens (including phenoxy) is 1. The van der Waals surface area contributed by atoms with E-state index >= 15 is 0 Å². The van der Waals surface area contributed by atoms with Crippen molar-refractivity contribution < 1.29 is 4.74 Å². The van der Waals surface area contributed by atoms with Crippen LogP contribution in [0.5, 0.6) is 5.75 Å². The van der Waals surface area contributed by atoms with Crippen molar-refractivity contribution in [1.29, 1.82) is 5.26 Å². The molecule has 0 fully saturated rings. The Labute approximate surface area is 100 Å². The standard InChI is InChI=1S/C13H15N3O/c1-15-8-11-10-5-4-9(17-3)6-12(10)16(2)13(11)7-14/h4-6,15H,8H2,1-3H3. The van der Waals surface area contributed by atoms with Gasteiger partial charge in [0, 0.05) is 30.6 Å². The van der Waals surface area contributed by atoms with Crippen molar-refractivity contribution in [3.63, 3.8) is 0 Å². The Balaban J connectivity index is 2.76. The first-order chi connectivity index (χ1) is 8.22. The first kappa shape index (κ1) is 11.5. The van der Waals surface area contributed by atoms with E-state index in [9.17, 15) is 5.26 Å². The second kappa shape index (κ2) is 4.48. The minimum atomic E-state index is 0.687. The molecule has 0 saturated heterocycles.